The molecule has 0 unspecified atom stereocenters. The van der Waals surface area contributed by atoms with Crippen molar-refractivity contribution in [1.82, 2.24) is 19.6 Å². The Hall–Kier alpha value is -0.370. The van der Waals surface area contributed by atoms with Crippen molar-refractivity contribution in [3.63, 3.8) is 0 Å². The fourth-order valence-corrected chi connectivity index (χ4v) is 2.45. The molecule has 16 heavy (non-hydrogen) atoms. The first-order valence-electron chi connectivity index (χ1n) is 5.01. The first-order chi connectivity index (χ1) is 7.61. The summed E-state index contributed by atoms with van der Waals surface area (Å²) in [5.41, 5.74) is 2.19. The highest BCUT2D eigenvalue weighted by Crippen LogP contribution is 2.21. The number of nitrogens with zero attached hydrogens (tertiary/aromatic N) is 4. The highest BCUT2D eigenvalue weighted by molar-refractivity contribution is 14.1. The van der Waals surface area contributed by atoms with Gasteiger partial charge >= 0.3 is 0 Å². The third kappa shape index (κ3) is 2.32. The molecule has 0 fully saturated rings. The third-order valence-electron chi connectivity index (χ3n) is 2.37. The normalized spacial score (nSPS) is 11.0. The van der Waals surface area contributed by atoms with E-state index in [1.807, 2.05) is 28.7 Å². The zero-order valence-corrected chi connectivity index (χ0v) is 12.9. The van der Waals surface area contributed by atoms with Gasteiger partial charge in [-0.1, -0.05) is 0 Å². The fraction of sp³-hybridized carbons (Fsp3) is 0.400. The monoisotopic (exact) mass is 394 g/mol. The quantitative estimate of drug-likeness (QED) is 0.750. The second-order valence-electron chi connectivity index (χ2n) is 3.52. The van der Waals surface area contributed by atoms with Gasteiger partial charge in [-0.05, 0) is 52.4 Å². The van der Waals surface area contributed by atoms with Crippen molar-refractivity contribution in [2.45, 2.75) is 26.9 Å². The molecule has 6 heteroatoms. The summed E-state index contributed by atoms with van der Waals surface area (Å²) in [6, 6.07) is 0. The van der Waals surface area contributed by atoms with Gasteiger partial charge in [-0.2, -0.15) is 10.2 Å². The highest BCUT2D eigenvalue weighted by Gasteiger charge is 2.12. The Balaban J connectivity index is 2.33. The summed E-state index contributed by atoms with van der Waals surface area (Å²) in [4.78, 5) is 0. The lowest BCUT2D eigenvalue weighted by Gasteiger charge is -2.05. The second-order valence-corrected chi connectivity index (χ2v) is 5.56. The molecule has 0 aliphatic heterocycles. The van der Waals surface area contributed by atoms with E-state index < -0.39 is 0 Å². The largest absolute Gasteiger partial charge is 0.267 e. The van der Waals surface area contributed by atoms with E-state index in [9.17, 15) is 0 Å². The second kappa shape index (κ2) is 4.87. The topological polar surface area (TPSA) is 35.6 Å². The van der Waals surface area contributed by atoms with Crippen LogP contribution in [0.3, 0.4) is 0 Å². The Kier molecular flexibility index (Phi) is 3.68. The molecular weight excluding hydrogens is 383 g/mol. The lowest BCUT2D eigenvalue weighted by Crippen LogP contribution is -2.08. The van der Waals surface area contributed by atoms with Crippen LogP contribution < -0.4 is 0 Å². The highest BCUT2D eigenvalue weighted by atomic mass is 127. The number of rotatable bonds is 3. The van der Waals surface area contributed by atoms with Crippen LogP contribution in [-0.2, 0) is 13.1 Å². The first kappa shape index (κ1) is 12.1. The molecule has 0 saturated carbocycles. The predicted octanol–water partition coefficient (Wildman–Crippen LogP) is 2.82. The minimum atomic E-state index is 0.748. The molecule has 0 radical (unpaired) electrons. The number of aromatic nitrogens is 4. The summed E-state index contributed by atoms with van der Waals surface area (Å²) in [6.45, 7) is 5.72. The maximum atomic E-state index is 4.46. The SMILES string of the molecule is CCn1nc(C)c(Br)c1Cn1cc(I)cn1. The lowest BCUT2D eigenvalue weighted by atomic mass is 10.3. The number of halogens is 2. The van der Waals surface area contributed by atoms with Gasteiger partial charge in [0.25, 0.3) is 0 Å². The Labute approximate surface area is 116 Å². The van der Waals surface area contributed by atoms with Crippen molar-refractivity contribution in [2.24, 2.45) is 0 Å². The van der Waals surface area contributed by atoms with Crippen LogP contribution in [0.5, 0.6) is 0 Å². The summed E-state index contributed by atoms with van der Waals surface area (Å²) in [7, 11) is 0. The van der Waals surface area contributed by atoms with Gasteiger partial charge in [0.2, 0.25) is 0 Å². The van der Waals surface area contributed by atoms with Crippen molar-refractivity contribution in [3.05, 3.63) is 31.8 Å². The predicted molar refractivity (Wildman–Crippen MR) is 74.4 cm³/mol. The van der Waals surface area contributed by atoms with Crippen LogP contribution in [0.2, 0.25) is 0 Å². The molecular formula is C10H12BrIN4. The van der Waals surface area contributed by atoms with Gasteiger partial charge in [-0.25, -0.2) is 0 Å². The Morgan fingerprint density at radius 2 is 2.25 bits per heavy atom. The van der Waals surface area contributed by atoms with E-state index in [0.29, 0.717) is 0 Å². The maximum Gasteiger partial charge on any atom is 0.0840 e. The van der Waals surface area contributed by atoms with Gasteiger partial charge in [0, 0.05) is 12.7 Å². The number of hydrogen-bond donors (Lipinski definition) is 0. The van der Waals surface area contributed by atoms with E-state index in [-0.39, 0.29) is 0 Å². The lowest BCUT2D eigenvalue weighted by molar-refractivity contribution is 0.574. The van der Waals surface area contributed by atoms with Crippen LogP contribution >= 0.6 is 38.5 Å². The average molecular weight is 395 g/mol. The molecule has 0 spiro atoms. The molecule has 0 aromatic carbocycles. The molecule has 2 rings (SSSR count). The van der Waals surface area contributed by atoms with Gasteiger partial charge in [-0.15, -0.1) is 0 Å². The fourth-order valence-electron chi connectivity index (χ4n) is 1.60. The molecule has 0 N–H and O–H groups in total. The van der Waals surface area contributed by atoms with Crippen LogP contribution in [0.4, 0.5) is 0 Å². The molecule has 0 amide bonds. The zero-order chi connectivity index (χ0) is 11.7. The number of aryl methyl sites for hydroxylation is 2. The zero-order valence-electron chi connectivity index (χ0n) is 9.11. The maximum absolute atomic E-state index is 4.46. The summed E-state index contributed by atoms with van der Waals surface area (Å²) in [5.74, 6) is 0. The first-order valence-corrected chi connectivity index (χ1v) is 6.88. The minimum absolute atomic E-state index is 0.748. The number of hydrogen-bond acceptors (Lipinski definition) is 2. The molecule has 0 aliphatic carbocycles. The van der Waals surface area contributed by atoms with E-state index in [4.69, 9.17) is 0 Å². The van der Waals surface area contributed by atoms with Crippen molar-refractivity contribution >= 4 is 38.5 Å². The van der Waals surface area contributed by atoms with Crippen LogP contribution in [0.1, 0.15) is 18.3 Å². The average Bonchev–Trinajstić information content (AvgIpc) is 2.77. The van der Waals surface area contributed by atoms with Gasteiger partial charge in [0.05, 0.1) is 32.2 Å². The van der Waals surface area contributed by atoms with E-state index in [1.165, 1.54) is 5.69 Å². The minimum Gasteiger partial charge on any atom is -0.267 e. The molecule has 0 aliphatic rings. The van der Waals surface area contributed by atoms with Gasteiger partial charge < -0.3 is 0 Å². The van der Waals surface area contributed by atoms with Gasteiger partial charge in [-0.3, -0.25) is 9.36 Å². The van der Waals surface area contributed by atoms with E-state index in [2.05, 4.69) is 55.6 Å². The molecule has 86 valence electrons. The summed E-state index contributed by atoms with van der Waals surface area (Å²) < 4.78 is 6.16. The summed E-state index contributed by atoms with van der Waals surface area (Å²) >= 11 is 5.84. The Bertz CT molecular complexity index is 503. The summed E-state index contributed by atoms with van der Waals surface area (Å²) in [5, 5.41) is 8.74. The van der Waals surface area contributed by atoms with Gasteiger partial charge in [0.15, 0.2) is 0 Å². The van der Waals surface area contributed by atoms with E-state index in [0.717, 1.165) is 26.8 Å². The molecule has 2 aromatic rings. The molecule has 0 saturated heterocycles. The smallest absolute Gasteiger partial charge is 0.0840 e. The van der Waals surface area contributed by atoms with Crippen molar-refractivity contribution in [1.29, 1.82) is 0 Å². The van der Waals surface area contributed by atoms with Crippen molar-refractivity contribution in [2.75, 3.05) is 0 Å². The standard InChI is InChI=1S/C10H12BrIN4/c1-3-16-9(10(11)7(2)14-16)6-15-5-8(12)4-13-15/h4-5H,3,6H2,1-2H3. The molecule has 2 aromatic heterocycles. The molecule has 2 heterocycles. The van der Waals surface area contributed by atoms with Crippen molar-refractivity contribution in [3.8, 4) is 0 Å². The molecule has 4 nitrogen and oxygen atoms in total. The van der Waals surface area contributed by atoms with Crippen LogP contribution in [0, 0.1) is 10.5 Å². The van der Waals surface area contributed by atoms with Crippen LogP contribution in [-0.4, -0.2) is 19.6 Å². The van der Waals surface area contributed by atoms with Crippen LogP contribution in [0.25, 0.3) is 0 Å². The van der Waals surface area contributed by atoms with E-state index in [1.54, 1.807) is 0 Å². The Morgan fingerprint density at radius 1 is 1.50 bits per heavy atom. The molecule has 0 bridgehead atoms. The Morgan fingerprint density at radius 3 is 2.81 bits per heavy atom. The summed E-state index contributed by atoms with van der Waals surface area (Å²) in [6.07, 6.45) is 3.88. The van der Waals surface area contributed by atoms with Crippen LogP contribution in [0.15, 0.2) is 16.9 Å². The third-order valence-corrected chi connectivity index (χ3v) is 3.95. The van der Waals surface area contributed by atoms with Crippen molar-refractivity contribution < 1.29 is 0 Å². The van der Waals surface area contributed by atoms with Gasteiger partial charge in [0.1, 0.15) is 0 Å². The van der Waals surface area contributed by atoms with E-state index >= 15 is 0 Å². The molecule has 0 atom stereocenters.